The highest BCUT2D eigenvalue weighted by Gasteiger charge is 2.43. The van der Waals surface area contributed by atoms with E-state index in [1.54, 1.807) is 0 Å². The maximum Gasteiger partial charge on any atom is 0.382 e. The van der Waals surface area contributed by atoms with Crippen LogP contribution in [0.2, 0.25) is 0 Å². The van der Waals surface area contributed by atoms with E-state index < -0.39 is 18.0 Å². The molecule has 3 rings (SSSR count). The Morgan fingerprint density at radius 2 is 1.42 bits per heavy atom. The van der Waals surface area contributed by atoms with Crippen LogP contribution in [0.15, 0.2) is 11.4 Å². The fraction of sp³-hybridized carbons (Fsp3) is 0.909. The summed E-state index contributed by atoms with van der Waals surface area (Å²) in [6.07, 6.45) is 6.26. The fourth-order valence-electron chi connectivity index (χ4n) is 5.13. The molecule has 0 aliphatic heterocycles. The molecule has 1 unspecified atom stereocenters. The van der Waals surface area contributed by atoms with E-state index >= 15 is 0 Å². The Morgan fingerprint density at radius 3 is 2.00 bits per heavy atom. The van der Waals surface area contributed by atoms with Crippen molar-refractivity contribution in [2.24, 2.45) is 23.7 Å². The number of rotatable bonds is 5. The first-order valence-electron chi connectivity index (χ1n) is 10.8. The van der Waals surface area contributed by atoms with Gasteiger partial charge in [-0.15, -0.1) is 0 Å². The summed E-state index contributed by atoms with van der Waals surface area (Å²) in [6, 6.07) is 0. The van der Waals surface area contributed by atoms with E-state index in [9.17, 15) is 13.2 Å². The molecule has 2 saturated carbocycles. The summed E-state index contributed by atoms with van der Waals surface area (Å²) in [5.41, 5.74) is -0.371. The van der Waals surface area contributed by atoms with Crippen LogP contribution in [0.3, 0.4) is 0 Å². The van der Waals surface area contributed by atoms with Gasteiger partial charge < -0.3 is 4.74 Å². The maximum atomic E-state index is 14.6. The van der Waals surface area contributed by atoms with Gasteiger partial charge in [-0.05, 0) is 68.6 Å². The Hall–Kier alpha value is -0.510. The lowest BCUT2D eigenvalue weighted by atomic mass is 9.75. The van der Waals surface area contributed by atoms with Crippen LogP contribution < -0.4 is 0 Å². The maximum absolute atomic E-state index is 14.6. The number of ether oxygens (including phenoxy) is 1. The van der Waals surface area contributed by atoms with Crippen LogP contribution in [0.5, 0.6) is 0 Å². The molecular formula is C22H35F3O. The zero-order valence-electron chi connectivity index (χ0n) is 16.4. The van der Waals surface area contributed by atoms with Crippen LogP contribution in [0, 0.1) is 23.7 Å². The highest BCUT2D eigenvalue weighted by Crippen LogP contribution is 2.44. The molecule has 1 nitrogen and oxygen atoms in total. The van der Waals surface area contributed by atoms with Crippen LogP contribution in [0.4, 0.5) is 13.2 Å². The van der Waals surface area contributed by atoms with Crippen molar-refractivity contribution in [2.45, 2.75) is 103 Å². The number of hydrogen-bond donors (Lipinski definition) is 0. The molecule has 4 heteroatoms. The quantitative estimate of drug-likeness (QED) is 0.488. The van der Waals surface area contributed by atoms with Gasteiger partial charge >= 0.3 is 6.11 Å². The van der Waals surface area contributed by atoms with Crippen molar-refractivity contribution in [3.8, 4) is 0 Å². The second-order valence-corrected chi connectivity index (χ2v) is 9.37. The van der Waals surface area contributed by atoms with E-state index in [0.29, 0.717) is 31.1 Å². The van der Waals surface area contributed by atoms with Gasteiger partial charge in [0, 0.05) is 6.42 Å². The average Bonchev–Trinajstić information content (AvgIpc) is 2.59. The Kier molecular flexibility index (Phi) is 6.74. The summed E-state index contributed by atoms with van der Waals surface area (Å²) >= 11 is 0. The average molecular weight is 373 g/mol. The minimum atomic E-state index is -3.43. The topological polar surface area (TPSA) is 9.23 Å². The van der Waals surface area contributed by atoms with Crippen LogP contribution in [0.1, 0.15) is 90.9 Å². The SMILES string of the molecule is CC1CCC(CC2CCC(C(F)(F)OC3CCC(C)CC3)=C(F)C2)CC1. The zero-order valence-corrected chi connectivity index (χ0v) is 16.4. The lowest BCUT2D eigenvalue weighted by Gasteiger charge is -2.34. The van der Waals surface area contributed by atoms with E-state index in [-0.39, 0.29) is 24.3 Å². The number of alkyl halides is 2. The predicted octanol–water partition coefficient (Wildman–Crippen LogP) is 7.41. The summed E-state index contributed by atoms with van der Waals surface area (Å²) in [4.78, 5) is 0. The van der Waals surface area contributed by atoms with Gasteiger partial charge in [0.05, 0.1) is 11.7 Å². The molecule has 3 aliphatic carbocycles. The van der Waals surface area contributed by atoms with Gasteiger partial charge in [0.1, 0.15) is 5.83 Å². The van der Waals surface area contributed by atoms with Gasteiger partial charge in [0.2, 0.25) is 0 Å². The molecule has 0 bridgehead atoms. The molecule has 3 aliphatic rings. The molecule has 0 aromatic carbocycles. The second kappa shape index (κ2) is 8.67. The van der Waals surface area contributed by atoms with Gasteiger partial charge in [-0.25, -0.2) is 4.39 Å². The van der Waals surface area contributed by atoms with Crippen molar-refractivity contribution in [3.63, 3.8) is 0 Å². The van der Waals surface area contributed by atoms with Crippen LogP contribution >= 0.6 is 0 Å². The van der Waals surface area contributed by atoms with Crippen molar-refractivity contribution in [3.05, 3.63) is 11.4 Å². The normalized spacial score (nSPS) is 37.0. The van der Waals surface area contributed by atoms with E-state index in [4.69, 9.17) is 4.74 Å². The third-order valence-corrected chi connectivity index (χ3v) is 7.03. The Balaban J connectivity index is 1.53. The highest BCUT2D eigenvalue weighted by atomic mass is 19.3. The van der Waals surface area contributed by atoms with Crippen molar-refractivity contribution in [1.29, 1.82) is 0 Å². The van der Waals surface area contributed by atoms with E-state index in [1.807, 2.05) is 0 Å². The standard InChI is InChI=1S/C22H35F3O/c1-15-3-7-17(8-4-15)13-18-9-12-20(21(23)14-18)22(24,25)26-19-10-5-16(2)6-11-19/h15-19H,3-14H2,1-2H3. The molecule has 0 heterocycles. The minimum absolute atomic E-state index is 0.149. The van der Waals surface area contributed by atoms with Crippen LogP contribution in [0.25, 0.3) is 0 Å². The molecular weight excluding hydrogens is 337 g/mol. The van der Waals surface area contributed by atoms with Crippen molar-refractivity contribution in [1.82, 2.24) is 0 Å². The monoisotopic (exact) mass is 372 g/mol. The van der Waals surface area contributed by atoms with Gasteiger partial charge in [0.25, 0.3) is 0 Å². The van der Waals surface area contributed by atoms with Gasteiger partial charge in [0.15, 0.2) is 0 Å². The third kappa shape index (κ3) is 5.27. The summed E-state index contributed by atoms with van der Waals surface area (Å²) in [5.74, 6) is 1.67. The van der Waals surface area contributed by atoms with E-state index in [0.717, 1.165) is 25.2 Å². The molecule has 0 N–H and O–H groups in total. The number of allylic oxidation sites excluding steroid dienone is 1. The molecule has 0 saturated heterocycles. The van der Waals surface area contributed by atoms with Crippen molar-refractivity contribution >= 4 is 0 Å². The van der Waals surface area contributed by atoms with E-state index in [2.05, 4.69) is 13.8 Å². The molecule has 0 spiro atoms. The Bertz CT molecular complexity index is 486. The van der Waals surface area contributed by atoms with Gasteiger partial charge in [-0.2, -0.15) is 8.78 Å². The second-order valence-electron chi connectivity index (χ2n) is 9.37. The molecule has 150 valence electrons. The van der Waals surface area contributed by atoms with Gasteiger partial charge in [-0.1, -0.05) is 39.5 Å². The van der Waals surface area contributed by atoms with Crippen LogP contribution in [-0.2, 0) is 4.74 Å². The van der Waals surface area contributed by atoms with Crippen molar-refractivity contribution < 1.29 is 17.9 Å². The summed E-state index contributed by atoms with van der Waals surface area (Å²) in [5, 5.41) is 0. The van der Waals surface area contributed by atoms with Crippen molar-refractivity contribution in [2.75, 3.05) is 0 Å². The van der Waals surface area contributed by atoms with Gasteiger partial charge in [-0.3, -0.25) is 0 Å². The first-order chi connectivity index (χ1) is 12.3. The van der Waals surface area contributed by atoms with Crippen LogP contribution in [-0.4, -0.2) is 12.2 Å². The Labute approximate surface area is 156 Å². The third-order valence-electron chi connectivity index (χ3n) is 7.03. The molecule has 1 atom stereocenters. The molecule has 0 radical (unpaired) electrons. The summed E-state index contributed by atoms with van der Waals surface area (Å²) in [7, 11) is 0. The number of hydrogen-bond acceptors (Lipinski definition) is 1. The minimum Gasteiger partial charge on any atom is -0.313 e. The molecule has 0 aromatic heterocycles. The fourth-order valence-corrected chi connectivity index (χ4v) is 5.13. The zero-order chi connectivity index (χ0) is 18.7. The molecule has 0 amide bonds. The predicted molar refractivity (Wildman–Crippen MR) is 98.7 cm³/mol. The summed E-state index contributed by atoms with van der Waals surface area (Å²) in [6.45, 7) is 4.44. The smallest absolute Gasteiger partial charge is 0.313 e. The molecule has 2 fully saturated rings. The highest BCUT2D eigenvalue weighted by molar-refractivity contribution is 5.18. The largest absolute Gasteiger partial charge is 0.382 e. The molecule has 26 heavy (non-hydrogen) atoms. The summed E-state index contributed by atoms with van der Waals surface area (Å²) < 4.78 is 48.7. The first kappa shape index (κ1) is 20.2. The molecule has 0 aromatic rings. The lowest BCUT2D eigenvalue weighted by Crippen LogP contribution is -2.34. The number of halogens is 3. The first-order valence-corrected chi connectivity index (χ1v) is 10.8. The van der Waals surface area contributed by atoms with E-state index in [1.165, 1.54) is 25.7 Å². The lowest BCUT2D eigenvalue weighted by molar-refractivity contribution is -0.244. The Morgan fingerprint density at radius 1 is 0.846 bits per heavy atom.